The highest BCUT2D eigenvalue weighted by molar-refractivity contribution is 7.80. The van der Waals surface area contributed by atoms with Crippen molar-refractivity contribution < 1.29 is 80.3 Å². The van der Waals surface area contributed by atoms with Crippen LogP contribution in [0.2, 0.25) is 0 Å². The van der Waals surface area contributed by atoms with Crippen molar-refractivity contribution in [3.05, 3.63) is 77.9 Å². The van der Waals surface area contributed by atoms with E-state index in [0.717, 1.165) is 12.0 Å². The molecular formula is C53H75N7O17S. The van der Waals surface area contributed by atoms with Crippen molar-refractivity contribution in [1.29, 1.82) is 0 Å². The molecule has 2 aromatic carbocycles. The molecule has 430 valence electrons. The number of cyclic esters (lactones) is 1. The third-order valence-corrected chi connectivity index (χ3v) is 15.2. The van der Waals surface area contributed by atoms with E-state index >= 15 is 9.59 Å². The largest absolute Gasteiger partial charge is 0.508 e. The Balaban J connectivity index is 1.64. The van der Waals surface area contributed by atoms with Gasteiger partial charge in [0.05, 0.1) is 6.10 Å². The number of aromatic hydroxyl groups is 1. The average molecular weight is 1110 g/mol. The molecule has 14 atom stereocenters. The molecule has 78 heavy (non-hydrogen) atoms. The maximum Gasteiger partial charge on any atom is 0.397 e. The number of fused-ring (bicyclic) bond motifs is 2. The van der Waals surface area contributed by atoms with Crippen molar-refractivity contribution in [3.8, 4) is 5.75 Å². The number of hydrogen-bond donors (Lipinski definition) is 9. The SMILES string of the molecule is CC[C@H](C)[C@@H]1NC(=O)[C@H](Cc2ccccc2)N(C)C(=O)[C@H]([C@@H](C)CC)N2C(=O)[C@H](CC[C@H]2O)NC(=O)[C@H]([C@H]2C=C[C@H](O)CC2)NC(=O)[C@@H](NC(=O)[C@@H](CCc2ccc(O)cc2)NC(=O)[C@@H](COS(=O)(=O)O)OC)[C@@H](C)OC1=O. The first kappa shape index (κ1) is 62.3. The van der Waals surface area contributed by atoms with Crippen molar-refractivity contribution in [2.75, 3.05) is 20.8 Å². The molecule has 9 N–H and O–H groups in total. The number of nitrogens with zero attached hydrogens (tertiary/aromatic N) is 2. The summed E-state index contributed by atoms with van der Waals surface area (Å²) in [5.74, 6) is -9.70. The van der Waals surface area contributed by atoms with E-state index in [9.17, 15) is 57.1 Å². The molecule has 0 unspecified atom stereocenters. The van der Waals surface area contributed by atoms with Gasteiger partial charge in [-0.3, -0.25) is 38.1 Å². The lowest BCUT2D eigenvalue weighted by Crippen LogP contribution is -2.66. The van der Waals surface area contributed by atoms with Crippen LogP contribution in [0.5, 0.6) is 5.75 Å². The first-order chi connectivity index (χ1) is 36.9. The summed E-state index contributed by atoms with van der Waals surface area (Å²) in [6, 6.07) is 4.09. The topological polar surface area (TPSA) is 346 Å². The number of amides is 7. The van der Waals surface area contributed by atoms with Gasteiger partial charge >= 0.3 is 16.4 Å². The predicted molar refractivity (Wildman–Crippen MR) is 279 cm³/mol. The number of likely N-dealkylation sites (N-methyl/N-ethyl adjacent to an activating group) is 1. The lowest BCUT2D eigenvalue weighted by atomic mass is 9.87. The van der Waals surface area contributed by atoms with Gasteiger partial charge in [0.2, 0.25) is 35.4 Å². The minimum absolute atomic E-state index is 0.0517. The van der Waals surface area contributed by atoms with Crippen LogP contribution < -0.4 is 26.6 Å². The number of hydrogen-bond acceptors (Lipinski definition) is 16. The van der Waals surface area contributed by atoms with Crippen LogP contribution in [0.3, 0.4) is 0 Å². The van der Waals surface area contributed by atoms with E-state index in [4.69, 9.17) is 9.47 Å². The number of methoxy groups -OCH3 is 1. The first-order valence-electron chi connectivity index (χ1n) is 26.2. The summed E-state index contributed by atoms with van der Waals surface area (Å²) in [4.78, 5) is 120. The van der Waals surface area contributed by atoms with E-state index in [2.05, 4.69) is 30.8 Å². The summed E-state index contributed by atoms with van der Waals surface area (Å²) in [7, 11) is -2.63. The van der Waals surface area contributed by atoms with Gasteiger partial charge in [0.25, 0.3) is 5.91 Å². The van der Waals surface area contributed by atoms with Gasteiger partial charge < -0.3 is 61.2 Å². The molecule has 7 amide bonds. The van der Waals surface area contributed by atoms with Gasteiger partial charge in [-0.15, -0.1) is 0 Å². The molecule has 3 aliphatic rings. The van der Waals surface area contributed by atoms with Crippen LogP contribution in [0.15, 0.2) is 66.7 Å². The zero-order valence-corrected chi connectivity index (χ0v) is 45.7. The van der Waals surface area contributed by atoms with Crippen LogP contribution in [0.4, 0.5) is 0 Å². The van der Waals surface area contributed by atoms with Gasteiger partial charge in [0.15, 0.2) is 6.10 Å². The fraction of sp³-hybridized carbons (Fsp3) is 0.585. The summed E-state index contributed by atoms with van der Waals surface area (Å²) in [6.07, 6.45) is -2.32. The van der Waals surface area contributed by atoms with Crippen LogP contribution >= 0.6 is 0 Å². The molecule has 2 saturated heterocycles. The fourth-order valence-electron chi connectivity index (χ4n) is 9.60. The number of carbonyl (C=O) groups excluding carboxylic acids is 8. The standard InChI is InChI=1S/C53H75N7O17S/c1-8-29(3)42-53(71)77-31(5)43(57-46(64)37(24-17-32-15-20-35(61)21-16-32)54-48(66)40(75-7)28-76-78(72,73)74)49(67)58-44(34-18-22-36(62)23-19-34)50(68)55-38-25-26-41(63)60(51(38)69)45(30(4)9-2)52(70)59(6)39(47(65)56-42)27-33-13-11-10-12-14-33/h10-16,18,20-22,29-31,34,36-45,61-63H,8-9,17,19,23-28H2,1-7H3,(H,54,66)(H,55,68)(H,56,65)(H,57,64)(H,58,67)(H,72,73,74)/t29-,30-,31+,34-,36-,37+,38-,39-,40+,41+,42-,43-,44-,45-/m0/s1. The van der Waals surface area contributed by atoms with E-state index in [1.807, 2.05) is 0 Å². The third-order valence-electron chi connectivity index (χ3n) is 14.8. The van der Waals surface area contributed by atoms with Crippen molar-refractivity contribution >= 4 is 57.7 Å². The zero-order valence-electron chi connectivity index (χ0n) is 44.9. The first-order valence-corrected chi connectivity index (χ1v) is 27.6. The van der Waals surface area contributed by atoms with Gasteiger partial charge in [-0.2, -0.15) is 8.42 Å². The zero-order chi connectivity index (χ0) is 57.6. The second-order valence-electron chi connectivity index (χ2n) is 20.2. The van der Waals surface area contributed by atoms with Crippen LogP contribution in [0.25, 0.3) is 0 Å². The molecular weight excluding hydrogens is 1040 g/mol. The Bertz CT molecular complexity index is 2570. The number of nitrogens with one attached hydrogen (secondary N) is 5. The number of carbonyl (C=O) groups is 8. The molecule has 2 aliphatic heterocycles. The van der Waals surface area contributed by atoms with Gasteiger partial charge in [-0.25, -0.2) is 8.98 Å². The fourth-order valence-corrected chi connectivity index (χ4v) is 9.90. The Hall–Kier alpha value is -6.51. The van der Waals surface area contributed by atoms with Crippen LogP contribution in [0.1, 0.15) is 90.7 Å². The Kier molecular flexibility index (Phi) is 22.7. The quantitative estimate of drug-likeness (QED) is 0.0552. The summed E-state index contributed by atoms with van der Waals surface area (Å²) >= 11 is 0. The second kappa shape index (κ2) is 28.4. The summed E-state index contributed by atoms with van der Waals surface area (Å²) < 4.78 is 47.5. The maximum atomic E-state index is 15.0. The third kappa shape index (κ3) is 16.8. The van der Waals surface area contributed by atoms with Crippen LogP contribution in [-0.4, -0.2) is 173 Å². The number of aliphatic hydroxyl groups excluding tert-OH is 2. The molecule has 2 bridgehead atoms. The van der Waals surface area contributed by atoms with Crippen molar-refractivity contribution in [2.45, 2.75) is 159 Å². The highest BCUT2D eigenvalue weighted by Gasteiger charge is 2.48. The number of piperidine rings is 1. The number of ether oxygens (including phenoxy) is 2. The number of benzene rings is 2. The molecule has 5 rings (SSSR count). The molecule has 25 heteroatoms. The molecule has 0 radical (unpaired) electrons. The molecule has 0 aromatic heterocycles. The Morgan fingerprint density at radius 3 is 2.09 bits per heavy atom. The molecule has 2 heterocycles. The normalized spacial score (nSPS) is 27.6. The molecule has 2 aromatic rings. The minimum atomic E-state index is -5.05. The number of phenols is 1. The Morgan fingerprint density at radius 2 is 1.49 bits per heavy atom. The number of rotatable bonds is 18. The summed E-state index contributed by atoms with van der Waals surface area (Å²) in [5.41, 5.74) is 1.21. The monoisotopic (exact) mass is 1110 g/mol. The predicted octanol–water partition coefficient (Wildman–Crippen LogP) is 0.327. The van der Waals surface area contributed by atoms with Gasteiger partial charge in [0.1, 0.15) is 67.0 Å². The van der Waals surface area contributed by atoms with Crippen molar-refractivity contribution in [3.63, 3.8) is 0 Å². The molecule has 0 saturated carbocycles. The van der Waals surface area contributed by atoms with Gasteiger partial charge in [-0.05, 0) is 80.5 Å². The summed E-state index contributed by atoms with van der Waals surface area (Å²) in [6.45, 7) is 7.17. The lowest BCUT2D eigenvalue weighted by Gasteiger charge is -2.45. The van der Waals surface area contributed by atoms with Crippen LogP contribution in [0, 0.1) is 17.8 Å². The average Bonchev–Trinajstić information content (AvgIpc) is 3.44. The molecule has 2 fully saturated rings. The minimum Gasteiger partial charge on any atom is -0.508 e. The van der Waals surface area contributed by atoms with E-state index in [1.165, 1.54) is 43.2 Å². The summed E-state index contributed by atoms with van der Waals surface area (Å²) in [5, 5.41) is 45.1. The van der Waals surface area contributed by atoms with Gasteiger partial charge in [0, 0.05) is 26.5 Å². The van der Waals surface area contributed by atoms with Crippen molar-refractivity contribution in [2.24, 2.45) is 17.8 Å². The number of esters is 1. The van der Waals surface area contributed by atoms with Crippen molar-refractivity contribution in [1.82, 2.24) is 36.4 Å². The van der Waals surface area contributed by atoms with E-state index in [1.54, 1.807) is 70.2 Å². The van der Waals surface area contributed by atoms with E-state index in [-0.39, 0.29) is 50.7 Å². The maximum absolute atomic E-state index is 15.0. The number of phenolic OH excluding ortho intramolecular Hbond substituents is 1. The number of aryl methyl sites for hydroxylation is 1. The smallest absolute Gasteiger partial charge is 0.397 e. The van der Waals surface area contributed by atoms with Crippen LogP contribution in [-0.2, 0) is 75.3 Å². The Morgan fingerprint density at radius 1 is 0.821 bits per heavy atom. The van der Waals surface area contributed by atoms with E-state index in [0.29, 0.717) is 24.0 Å². The highest BCUT2D eigenvalue weighted by Crippen LogP contribution is 2.29. The highest BCUT2D eigenvalue weighted by atomic mass is 32.3. The van der Waals surface area contributed by atoms with E-state index < -0.39 is 149 Å². The van der Waals surface area contributed by atoms with Gasteiger partial charge in [-0.1, -0.05) is 95.2 Å². The molecule has 0 spiro atoms. The molecule has 24 nitrogen and oxygen atoms in total. The number of aliphatic hydroxyl groups is 2. The molecule has 1 aliphatic carbocycles. The second-order valence-corrected chi connectivity index (χ2v) is 21.3. The lowest BCUT2D eigenvalue weighted by molar-refractivity contribution is -0.168. The Labute approximate surface area is 454 Å².